The average molecular weight is 840 g/mol. The van der Waals surface area contributed by atoms with E-state index in [0.717, 1.165) is 4.90 Å². The molecule has 7 unspecified atom stereocenters. The van der Waals surface area contributed by atoms with Gasteiger partial charge in [0.25, 0.3) is 5.91 Å². The van der Waals surface area contributed by atoms with Crippen molar-refractivity contribution in [2.75, 3.05) is 20.3 Å². The number of hydrogen-bond donors (Lipinski definition) is 3. The van der Waals surface area contributed by atoms with Crippen LogP contribution < -0.4 is 24.8 Å². The highest BCUT2D eigenvalue weighted by molar-refractivity contribution is 7.91. The molecule has 1 aromatic carbocycles. The number of benzene rings is 1. The Bertz CT molecular complexity index is 2080. The maximum Gasteiger partial charge on any atom is 0.427 e. The Morgan fingerprint density at radius 2 is 1.81 bits per heavy atom. The number of alkyl halides is 4. The molecule has 2 aromatic rings. The lowest BCUT2D eigenvalue weighted by Gasteiger charge is -2.34. The fourth-order valence-electron chi connectivity index (χ4n) is 7.78. The Morgan fingerprint density at radius 1 is 1.09 bits per heavy atom. The minimum atomic E-state index is -4.93. The van der Waals surface area contributed by atoms with Gasteiger partial charge in [-0.1, -0.05) is 32.1 Å². The first-order chi connectivity index (χ1) is 27.2. The second-order valence-corrected chi connectivity index (χ2v) is 18.6. The molecule has 1 saturated heterocycles. The third kappa shape index (κ3) is 8.41. The SMILES string of the molecule is COc1cccc2c(OC3CC4C(=O)NC5(C(=O)NS(=O)(=O)C6(CF)CC6)CC5C=CCCC(C)CC(C)C(NC(=O)OC(C)(C)C(F)(F)F)C(=O)N4C3)nccc12. The molecule has 0 spiro atoms. The van der Waals surface area contributed by atoms with E-state index in [4.69, 9.17) is 14.2 Å². The molecular formula is C39H49F4N5O9S. The van der Waals surface area contributed by atoms with E-state index in [1.807, 2.05) is 11.6 Å². The van der Waals surface area contributed by atoms with Crippen molar-refractivity contribution in [1.82, 2.24) is 25.2 Å². The number of nitrogens with one attached hydrogen (secondary N) is 3. The highest BCUT2D eigenvalue weighted by atomic mass is 32.2. The Hall–Kier alpha value is -4.68. The molecule has 4 amide bonds. The van der Waals surface area contributed by atoms with Crippen LogP contribution in [0.3, 0.4) is 0 Å². The van der Waals surface area contributed by atoms with Gasteiger partial charge in [-0.2, -0.15) is 13.2 Å². The summed E-state index contributed by atoms with van der Waals surface area (Å²) < 4.78 is 98.2. The number of nitrogens with zero attached hydrogens (tertiary/aromatic N) is 2. The third-order valence-corrected chi connectivity index (χ3v) is 13.9. The summed E-state index contributed by atoms with van der Waals surface area (Å²) in [5.41, 5.74) is -4.67. The van der Waals surface area contributed by atoms with E-state index in [0.29, 0.717) is 49.6 Å². The molecule has 14 nitrogen and oxygen atoms in total. The number of carbonyl (C=O) groups is 4. The molecule has 4 aliphatic rings. The van der Waals surface area contributed by atoms with E-state index in [1.165, 1.54) is 13.3 Å². The molecule has 2 aliphatic carbocycles. The third-order valence-electron chi connectivity index (χ3n) is 11.8. The van der Waals surface area contributed by atoms with E-state index in [9.17, 15) is 45.2 Å². The highest BCUT2D eigenvalue weighted by Gasteiger charge is 2.64. The standard InChI is InChI=1S/C39H49F4N5O9S/c1-22-9-6-7-10-24-19-38(24,34(51)47-58(53,54)37(21-40)14-15-37)46-31(49)28-18-25(56-32-27-11-8-12-29(55-5)26(27)13-16-44-32)20-48(28)33(50)30(23(2)17-22)45-35(52)57-36(3,4)39(41,42)43/h7-8,10-13,16,22-25,28,30H,6,9,14-15,17-21H2,1-5H3,(H,45,52)(H,46,49)(H,47,51). The number of amides is 4. The van der Waals surface area contributed by atoms with Crippen molar-refractivity contribution in [3.8, 4) is 11.6 Å². The molecule has 2 saturated carbocycles. The monoisotopic (exact) mass is 839 g/mol. The van der Waals surface area contributed by atoms with E-state index in [-0.39, 0.29) is 44.0 Å². The molecule has 19 heteroatoms. The number of allylic oxidation sites excluding steroid dienone is 1. The first kappa shape index (κ1) is 42.9. The van der Waals surface area contributed by atoms with Crippen LogP contribution in [0.25, 0.3) is 10.8 Å². The van der Waals surface area contributed by atoms with Crippen LogP contribution in [0.15, 0.2) is 42.6 Å². The summed E-state index contributed by atoms with van der Waals surface area (Å²) in [5.74, 6) is -3.41. The summed E-state index contributed by atoms with van der Waals surface area (Å²) in [5, 5.41) is 6.30. The lowest BCUT2D eigenvalue weighted by molar-refractivity contribution is -0.244. The second-order valence-electron chi connectivity index (χ2n) is 16.5. The maximum atomic E-state index is 14.7. The van der Waals surface area contributed by atoms with Gasteiger partial charge < -0.3 is 29.7 Å². The van der Waals surface area contributed by atoms with Crippen molar-refractivity contribution >= 4 is 44.6 Å². The van der Waals surface area contributed by atoms with Gasteiger partial charge in [-0.05, 0) is 82.4 Å². The van der Waals surface area contributed by atoms with Crippen molar-refractivity contribution in [1.29, 1.82) is 0 Å². The molecule has 1 aromatic heterocycles. The number of hydrogen-bond acceptors (Lipinski definition) is 10. The van der Waals surface area contributed by atoms with Crippen LogP contribution in [0.5, 0.6) is 11.6 Å². The Morgan fingerprint density at radius 3 is 2.47 bits per heavy atom. The Labute approximate surface area is 333 Å². The van der Waals surface area contributed by atoms with Gasteiger partial charge in [0.1, 0.15) is 40.9 Å². The van der Waals surface area contributed by atoms with Crippen LogP contribution in [0.2, 0.25) is 0 Å². The molecule has 7 atom stereocenters. The van der Waals surface area contributed by atoms with Gasteiger partial charge in [0.05, 0.1) is 13.7 Å². The largest absolute Gasteiger partial charge is 0.496 e. The maximum absolute atomic E-state index is 14.7. The van der Waals surface area contributed by atoms with Crippen LogP contribution in [0.1, 0.15) is 72.6 Å². The molecule has 3 fully saturated rings. The smallest absolute Gasteiger partial charge is 0.427 e. The number of carbonyl (C=O) groups excluding carboxylic acids is 4. The molecule has 58 heavy (non-hydrogen) atoms. The zero-order chi connectivity index (χ0) is 42.4. The van der Waals surface area contributed by atoms with Gasteiger partial charge in [0.15, 0.2) is 0 Å². The number of ether oxygens (including phenoxy) is 3. The Balaban J connectivity index is 1.36. The fourth-order valence-corrected chi connectivity index (χ4v) is 9.20. The second kappa shape index (κ2) is 15.8. The topological polar surface area (TPSA) is 182 Å². The van der Waals surface area contributed by atoms with E-state index < -0.39 is 92.6 Å². The molecule has 3 N–H and O–H groups in total. The number of pyridine rings is 1. The van der Waals surface area contributed by atoms with Crippen LogP contribution in [0.4, 0.5) is 22.4 Å². The van der Waals surface area contributed by atoms with Crippen molar-refractivity contribution in [3.63, 3.8) is 0 Å². The van der Waals surface area contributed by atoms with Crippen LogP contribution in [-0.4, -0.2) is 103 Å². The predicted molar refractivity (Wildman–Crippen MR) is 202 cm³/mol. The van der Waals surface area contributed by atoms with Gasteiger partial charge in [0.2, 0.25) is 33.3 Å². The van der Waals surface area contributed by atoms with Gasteiger partial charge in [-0.3, -0.25) is 19.1 Å². The summed E-state index contributed by atoms with van der Waals surface area (Å²) >= 11 is 0. The molecule has 2 aliphatic heterocycles. The van der Waals surface area contributed by atoms with E-state index in [2.05, 4.69) is 15.6 Å². The zero-order valence-electron chi connectivity index (χ0n) is 32.9. The normalized spacial score (nSPS) is 28.9. The summed E-state index contributed by atoms with van der Waals surface area (Å²) in [6.45, 7) is 3.48. The number of alkyl carbamates (subject to hydrolysis) is 1. The van der Waals surface area contributed by atoms with Crippen molar-refractivity contribution in [2.45, 2.75) is 113 Å². The molecule has 0 bridgehead atoms. The van der Waals surface area contributed by atoms with E-state index >= 15 is 0 Å². The minimum absolute atomic E-state index is 0.0131. The molecule has 3 heterocycles. The minimum Gasteiger partial charge on any atom is -0.496 e. The molecular weight excluding hydrogens is 791 g/mol. The summed E-state index contributed by atoms with van der Waals surface area (Å²) in [4.78, 5) is 61.7. The number of fused-ring (bicyclic) bond motifs is 3. The van der Waals surface area contributed by atoms with E-state index in [1.54, 1.807) is 43.3 Å². The van der Waals surface area contributed by atoms with Crippen LogP contribution >= 0.6 is 0 Å². The number of halogens is 4. The molecule has 0 radical (unpaired) electrons. The van der Waals surface area contributed by atoms with Gasteiger partial charge in [-0.15, -0.1) is 0 Å². The Kier molecular flexibility index (Phi) is 11.7. The quantitative estimate of drug-likeness (QED) is 0.233. The number of methoxy groups -OCH3 is 1. The van der Waals surface area contributed by atoms with Gasteiger partial charge in [-0.25, -0.2) is 22.6 Å². The first-order valence-corrected chi connectivity index (χ1v) is 20.7. The summed E-state index contributed by atoms with van der Waals surface area (Å²) in [6.07, 6.45) is -1.00. The molecule has 6 rings (SSSR count). The highest BCUT2D eigenvalue weighted by Crippen LogP contribution is 2.48. The number of sulfonamides is 1. The summed E-state index contributed by atoms with van der Waals surface area (Å²) in [7, 11) is -2.96. The van der Waals surface area contributed by atoms with Gasteiger partial charge >= 0.3 is 12.3 Å². The van der Waals surface area contributed by atoms with Crippen molar-refractivity contribution in [2.24, 2.45) is 17.8 Å². The molecule has 318 valence electrons. The van der Waals surface area contributed by atoms with Crippen LogP contribution in [0, 0.1) is 17.8 Å². The average Bonchev–Trinajstić information content (AvgIpc) is 4.06. The number of rotatable bonds is 9. The van der Waals surface area contributed by atoms with Gasteiger partial charge in [0, 0.05) is 29.3 Å². The lowest BCUT2D eigenvalue weighted by Crippen LogP contribution is -2.60. The fraction of sp³-hybridized carbons (Fsp3) is 0.615. The predicted octanol–water partition coefficient (Wildman–Crippen LogP) is 4.86. The first-order valence-electron chi connectivity index (χ1n) is 19.2. The van der Waals surface area contributed by atoms with Crippen LogP contribution in [-0.2, 0) is 29.1 Å². The number of aromatic nitrogens is 1. The van der Waals surface area contributed by atoms with Crippen molar-refractivity contribution in [3.05, 3.63) is 42.6 Å². The summed E-state index contributed by atoms with van der Waals surface area (Å²) in [6, 6.07) is 4.09. The van der Waals surface area contributed by atoms with Crippen molar-refractivity contribution < 1.29 is 59.4 Å². The zero-order valence-corrected chi connectivity index (χ0v) is 33.7. The lowest BCUT2D eigenvalue weighted by atomic mass is 9.88.